The molecule has 1 aromatic carbocycles. The maximum absolute atomic E-state index is 11.0. The van der Waals surface area contributed by atoms with E-state index in [2.05, 4.69) is 13.0 Å². The number of carbonyl (C=O) groups is 1. The molecule has 2 saturated carbocycles. The highest BCUT2D eigenvalue weighted by Crippen LogP contribution is 2.63. The van der Waals surface area contributed by atoms with E-state index in [1.807, 2.05) is 12.1 Å². The molecule has 1 aromatic rings. The van der Waals surface area contributed by atoms with Gasteiger partial charge in [0.2, 0.25) is 5.91 Å². The molecule has 3 aliphatic carbocycles. The average Bonchev–Trinajstić information content (AvgIpc) is 2.94. The van der Waals surface area contributed by atoms with Crippen LogP contribution in [-0.2, 0) is 11.2 Å². The van der Waals surface area contributed by atoms with Gasteiger partial charge in [-0.25, -0.2) is 0 Å². The molecule has 3 N–H and O–H groups in total. The lowest BCUT2D eigenvalue weighted by Crippen LogP contribution is -2.42. The van der Waals surface area contributed by atoms with Crippen LogP contribution < -0.4 is 5.73 Å². The van der Waals surface area contributed by atoms with E-state index >= 15 is 0 Å². The third-order valence-corrected chi connectivity index (χ3v) is 8.13. The molecule has 3 aliphatic rings. The Morgan fingerprint density at radius 2 is 2.08 bits per heavy atom. The Kier molecular flexibility index (Phi) is 4.75. The Bertz CT molecular complexity index is 685. The zero-order valence-corrected chi connectivity index (χ0v) is 16.0. The summed E-state index contributed by atoms with van der Waals surface area (Å²) in [5, 5.41) is 9.82. The summed E-state index contributed by atoms with van der Waals surface area (Å²) >= 11 is 0. The van der Waals surface area contributed by atoms with E-state index in [1.165, 1.54) is 49.7 Å². The van der Waals surface area contributed by atoms with Crippen LogP contribution in [-0.4, -0.2) is 11.0 Å². The predicted molar refractivity (Wildman–Crippen MR) is 104 cm³/mol. The van der Waals surface area contributed by atoms with Gasteiger partial charge in [0.05, 0.1) is 0 Å². The largest absolute Gasteiger partial charge is 0.508 e. The second kappa shape index (κ2) is 6.90. The molecule has 142 valence electrons. The third-order valence-electron chi connectivity index (χ3n) is 8.13. The SMILES string of the molecule is C[C@]12CC[C@@H]3c4ccc(O)cc4CC[C@H]3[C@@H]1CC[C@@H]2CCCCC(N)=O. The minimum Gasteiger partial charge on any atom is -0.508 e. The second-order valence-corrected chi connectivity index (χ2v) is 9.33. The number of hydrogen-bond acceptors (Lipinski definition) is 2. The lowest BCUT2D eigenvalue weighted by molar-refractivity contribution is -0.118. The Morgan fingerprint density at radius 3 is 2.88 bits per heavy atom. The molecule has 1 amide bonds. The molecule has 0 unspecified atom stereocenters. The first-order valence-corrected chi connectivity index (χ1v) is 10.6. The number of hydrogen-bond donors (Lipinski definition) is 2. The first-order chi connectivity index (χ1) is 12.5. The van der Waals surface area contributed by atoms with Gasteiger partial charge in [-0.15, -0.1) is 0 Å². The van der Waals surface area contributed by atoms with E-state index in [-0.39, 0.29) is 5.91 Å². The number of phenols is 1. The van der Waals surface area contributed by atoms with Gasteiger partial charge in [0.1, 0.15) is 5.75 Å². The van der Waals surface area contributed by atoms with Crippen LogP contribution in [0.5, 0.6) is 5.75 Å². The van der Waals surface area contributed by atoms with Gasteiger partial charge in [-0.1, -0.05) is 19.4 Å². The van der Waals surface area contributed by atoms with Gasteiger partial charge in [-0.3, -0.25) is 4.79 Å². The van der Waals surface area contributed by atoms with E-state index in [4.69, 9.17) is 5.73 Å². The summed E-state index contributed by atoms with van der Waals surface area (Å²) in [7, 11) is 0. The topological polar surface area (TPSA) is 63.3 Å². The Labute approximate surface area is 157 Å². The maximum atomic E-state index is 11.0. The Hall–Kier alpha value is -1.51. The lowest BCUT2D eigenvalue weighted by atomic mass is 9.54. The van der Waals surface area contributed by atoms with Gasteiger partial charge in [-0.2, -0.15) is 0 Å². The molecule has 0 aromatic heterocycles. The van der Waals surface area contributed by atoms with Gasteiger partial charge >= 0.3 is 0 Å². The molecule has 0 heterocycles. The van der Waals surface area contributed by atoms with E-state index < -0.39 is 0 Å². The second-order valence-electron chi connectivity index (χ2n) is 9.33. The van der Waals surface area contributed by atoms with Crippen LogP contribution in [0.25, 0.3) is 0 Å². The zero-order chi connectivity index (χ0) is 18.3. The van der Waals surface area contributed by atoms with Crippen LogP contribution in [0, 0.1) is 23.2 Å². The first kappa shape index (κ1) is 17.9. The number of primary amides is 1. The van der Waals surface area contributed by atoms with Crippen molar-refractivity contribution >= 4 is 5.91 Å². The molecule has 26 heavy (non-hydrogen) atoms. The summed E-state index contributed by atoms with van der Waals surface area (Å²) in [6, 6.07) is 6.07. The maximum Gasteiger partial charge on any atom is 0.217 e. The van der Waals surface area contributed by atoms with Crippen LogP contribution in [0.4, 0.5) is 0 Å². The molecule has 0 aliphatic heterocycles. The quantitative estimate of drug-likeness (QED) is 0.737. The fraction of sp³-hybridized carbons (Fsp3) is 0.696. The van der Waals surface area contributed by atoms with Crippen molar-refractivity contribution in [2.75, 3.05) is 0 Å². The standard InChI is InChI=1S/C23H33NO2/c1-23-13-12-19-18-10-8-17(25)14-15(18)6-9-20(19)21(23)11-7-16(23)4-2-3-5-22(24)26/h8,10,14,16,19-21,25H,2-7,9,11-13H2,1H3,(H2,24,26)/t16-,19+,20+,21-,23+/m0/s1. The molecular formula is C23H33NO2. The molecule has 0 radical (unpaired) electrons. The van der Waals surface area contributed by atoms with Crippen LogP contribution in [0.2, 0.25) is 0 Å². The Morgan fingerprint density at radius 1 is 1.23 bits per heavy atom. The van der Waals surface area contributed by atoms with Crippen molar-refractivity contribution in [2.45, 2.75) is 77.0 Å². The summed E-state index contributed by atoms with van der Waals surface area (Å²) < 4.78 is 0. The highest BCUT2D eigenvalue weighted by molar-refractivity contribution is 5.73. The van der Waals surface area contributed by atoms with Gasteiger partial charge in [0.25, 0.3) is 0 Å². The summed E-state index contributed by atoms with van der Waals surface area (Å²) in [5.41, 5.74) is 8.68. The molecule has 4 rings (SSSR count). The predicted octanol–water partition coefficient (Wildman–Crippen LogP) is 4.91. The molecule has 3 heteroatoms. The van der Waals surface area contributed by atoms with Crippen LogP contribution in [0.15, 0.2) is 18.2 Å². The van der Waals surface area contributed by atoms with E-state index in [0.29, 0.717) is 23.5 Å². The van der Waals surface area contributed by atoms with Gasteiger partial charge in [-0.05, 0) is 104 Å². The Balaban J connectivity index is 1.46. The zero-order valence-electron chi connectivity index (χ0n) is 16.0. The lowest BCUT2D eigenvalue weighted by Gasteiger charge is -2.51. The molecule has 3 nitrogen and oxygen atoms in total. The fourth-order valence-corrected chi connectivity index (χ4v) is 6.84. The van der Waals surface area contributed by atoms with Gasteiger partial charge in [0.15, 0.2) is 0 Å². The molecule has 2 fully saturated rings. The number of rotatable bonds is 5. The van der Waals surface area contributed by atoms with Gasteiger partial charge in [0, 0.05) is 6.42 Å². The van der Waals surface area contributed by atoms with Crippen molar-refractivity contribution in [3.63, 3.8) is 0 Å². The number of fused-ring (bicyclic) bond motifs is 5. The van der Waals surface area contributed by atoms with Crippen molar-refractivity contribution in [1.82, 2.24) is 0 Å². The molecule has 0 spiro atoms. The highest BCUT2D eigenvalue weighted by atomic mass is 16.3. The van der Waals surface area contributed by atoms with E-state index in [9.17, 15) is 9.90 Å². The van der Waals surface area contributed by atoms with Crippen LogP contribution in [0.1, 0.15) is 81.8 Å². The average molecular weight is 356 g/mol. The van der Waals surface area contributed by atoms with Crippen molar-refractivity contribution in [2.24, 2.45) is 28.9 Å². The van der Waals surface area contributed by atoms with Crippen LogP contribution >= 0.6 is 0 Å². The van der Waals surface area contributed by atoms with E-state index in [1.54, 1.807) is 0 Å². The molecule has 5 atom stereocenters. The smallest absolute Gasteiger partial charge is 0.217 e. The van der Waals surface area contributed by atoms with Crippen molar-refractivity contribution in [3.8, 4) is 5.75 Å². The summed E-state index contributed by atoms with van der Waals surface area (Å²) in [6.07, 6.45) is 11.7. The summed E-state index contributed by atoms with van der Waals surface area (Å²) in [5.74, 6) is 3.45. The number of aromatic hydroxyl groups is 1. The minimum atomic E-state index is -0.159. The first-order valence-electron chi connectivity index (χ1n) is 10.6. The molecule has 0 bridgehead atoms. The number of nitrogens with two attached hydrogens (primary N) is 1. The molecule has 0 saturated heterocycles. The number of benzene rings is 1. The number of amides is 1. The number of carbonyl (C=O) groups excluding carboxylic acids is 1. The van der Waals surface area contributed by atoms with E-state index in [0.717, 1.165) is 37.0 Å². The van der Waals surface area contributed by atoms with Crippen molar-refractivity contribution < 1.29 is 9.90 Å². The highest BCUT2D eigenvalue weighted by Gasteiger charge is 2.54. The minimum absolute atomic E-state index is 0.159. The number of phenolic OH excluding ortho intramolecular Hbond substituents is 1. The molecular weight excluding hydrogens is 322 g/mol. The third kappa shape index (κ3) is 3.04. The monoisotopic (exact) mass is 355 g/mol. The fourth-order valence-electron chi connectivity index (χ4n) is 6.84. The normalized spacial score (nSPS) is 35.4. The number of unbranched alkanes of at least 4 members (excludes halogenated alkanes) is 1. The summed E-state index contributed by atoms with van der Waals surface area (Å²) in [4.78, 5) is 11.0. The van der Waals surface area contributed by atoms with Crippen LogP contribution in [0.3, 0.4) is 0 Å². The number of aryl methyl sites for hydroxylation is 1. The van der Waals surface area contributed by atoms with Crippen molar-refractivity contribution in [1.29, 1.82) is 0 Å². The van der Waals surface area contributed by atoms with Gasteiger partial charge < -0.3 is 10.8 Å². The van der Waals surface area contributed by atoms with Crippen molar-refractivity contribution in [3.05, 3.63) is 29.3 Å². The summed E-state index contributed by atoms with van der Waals surface area (Å²) in [6.45, 7) is 2.56.